The number of nitriles is 1. The fourth-order valence-corrected chi connectivity index (χ4v) is 4.85. The summed E-state index contributed by atoms with van der Waals surface area (Å²) >= 11 is 0. The first kappa shape index (κ1) is 26.6. The third-order valence-corrected chi connectivity index (χ3v) is 6.79. The van der Waals surface area contributed by atoms with E-state index in [1.54, 1.807) is 36.5 Å². The maximum absolute atomic E-state index is 12.8. The number of piperidine rings is 1. The molecule has 0 saturated carbocycles. The molecule has 39 heavy (non-hydrogen) atoms. The van der Waals surface area contributed by atoms with E-state index in [2.05, 4.69) is 30.6 Å². The molecule has 1 unspecified atom stereocenters. The number of hydrogen-bond acceptors (Lipinski definition) is 8. The molecule has 1 atom stereocenters. The molecule has 0 bridgehead atoms. The molecule has 1 saturated heterocycles. The van der Waals surface area contributed by atoms with Crippen LogP contribution in [0.5, 0.6) is 0 Å². The first-order valence-corrected chi connectivity index (χ1v) is 12.3. The topological polar surface area (TPSA) is 124 Å². The normalized spacial score (nSPS) is 16.2. The van der Waals surface area contributed by atoms with Gasteiger partial charge in [-0.1, -0.05) is 0 Å². The molecule has 9 nitrogen and oxygen atoms in total. The van der Waals surface area contributed by atoms with Crippen molar-refractivity contribution in [2.45, 2.75) is 38.1 Å². The molecule has 0 spiro atoms. The maximum atomic E-state index is 12.8. The molecule has 1 fully saturated rings. The van der Waals surface area contributed by atoms with Crippen LogP contribution in [0, 0.1) is 18.3 Å². The van der Waals surface area contributed by atoms with E-state index >= 15 is 0 Å². The number of aliphatic hydroxyl groups excluding tert-OH is 2. The van der Waals surface area contributed by atoms with Gasteiger partial charge in [-0.25, -0.2) is 0 Å². The lowest BCUT2D eigenvalue weighted by molar-refractivity contribution is -0.157. The molecule has 5 rings (SSSR count). The molecular weight excluding hydrogens is 513 g/mol. The van der Waals surface area contributed by atoms with Crippen LogP contribution in [0.25, 0.3) is 28.9 Å². The SMILES string of the molecule is Cc1c(C(O)CN2CCC(O)CC2)c2ncc(/C=C/c3nnc(C(F)(F)F)o3)cc2n1-c1ccc(C#N)cc1. The number of alkyl halides is 3. The van der Waals surface area contributed by atoms with Gasteiger partial charge in [-0.15, -0.1) is 10.2 Å². The predicted molar refractivity (Wildman–Crippen MR) is 135 cm³/mol. The highest BCUT2D eigenvalue weighted by molar-refractivity contribution is 5.86. The van der Waals surface area contributed by atoms with Gasteiger partial charge in [0.25, 0.3) is 0 Å². The smallest absolute Gasteiger partial charge is 0.413 e. The molecule has 0 amide bonds. The van der Waals surface area contributed by atoms with Gasteiger partial charge in [-0.3, -0.25) is 4.98 Å². The van der Waals surface area contributed by atoms with Crippen LogP contribution in [0.3, 0.4) is 0 Å². The van der Waals surface area contributed by atoms with Crippen LogP contribution in [-0.2, 0) is 6.18 Å². The van der Waals surface area contributed by atoms with Gasteiger partial charge in [-0.05, 0) is 61.7 Å². The van der Waals surface area contributed by atoms with Crippen LogP contribution in [0.15, 0.2) is 40.9 Å². The van der Waals surface area contributed by atoms with Crippen LogP contribution in [0.1, 0.15) is 53.1 Å². The summed E-state index contributed by atoms with van der Waals surface area (Å²) in [6.45, 7) is 3.62. The molecule has 0 radical (unpaired) electrons. The Balaban J connectivity index is 1.54. The Morgan fingerprint density at radius 1 is 1.18 bits per heavy atom. The minimum absolute atomic E-state index is 0.302. The van der Waals surface area contributed by atoms with Crippen molar-refractivity contribution in [3.8, 4) is 11.8 Å². The van der Waals surface area contributed by atoms with Gasteiger partial charge in [0.1, 0.15) is 0 Å². The van der Waals surface area contributed by atoms with E-state index in [0.717, 1.165) is 11.4 Å². The van der Waals surface area contributed by atoms with Crippen molar-refractivity contribution < 1.29 is 27.8 Å². The number of β-amino-alcohol motifs (C(OH)–C–C–N with tert-alkyl or cyclic N) is 1. The number of aliphatic hydroxyl groups is 2. The molecule has 2 N–H and O–H groups in total. The summed E-state index contributed by atoms with van der Waals surface area (Å²) in [6, 6.07) is 10.9. The minimum atomic E-state index is -4.73. The van der Waals surface area contributed by atoms with E-state index in [0.29, 0.717) is 60.2 Å². The average molecular weight is 539 g/mol. The van der Waals surface area contributed by atoms with E-state index in [1.165, 1.54) is 12.2 Å². The summed E-state index contributed by atoms with van der Waals surface area (Å²) in [5.74, 6) is -1.73. The summed E-state index contributed by atoms with van der Waals surface area (Å²) in [7, 11) is 0. The molecule has 1 aliphatic heterocycles. The number of benzene rings is 1. The predicted octanol–water partition coefficient (Wildman–Crippen LogP) is 4.27. The van der Waals surface area contributed by atoms with Gasteiger partial charge in [-0.2, -0.15) is 18.4 Å². The number of likely N-dealkylation sites (tertiary alicyclic amines) is 1. The number of hydrogen-bond donors (Lipinski definition) is 2. The third-order valence-electron chi connectivity index (χ3n) is 6.79. The van der Waals surface area contributed by atoms with Crippen molar-refractivity contribution in [3.63, 3.8) is 0 Å². The summed E-state index contributed by atoms with van der Waals surface area (Å²) in [4.78, 5) is 6.72. The number of nitrogens with zero attached hydrogens (tertiary/aromatic N) is 6. The quantitative estimate of drug-likeness (QED) is 0.373. The van der Waals surface area contributed by atoms with Crippen LogP contribution >= 0.6 is 0 Å². The van der Waals surface area contributed by atoms with Gasteiger partial charge >= 0.3 is 12.1 Å². The highest BCUT2D eigenvalue weighted by Crippen LogP contribution is 2.34. The van der Waals surface area contributed by atoms with Crippen molar-refractivity contribution in [2.75, 3.05) is 19.6 Å². The Bertz CT molecular complexity index is 1540. The summed E-state index contributed by atoms with van der Waals surface area (Å²) < 4.78 is 44.9. The molecular formula is C27H25F3N6O3. The molecule has 3 aromatic heterocycles. The molecule has 202 valence electrons. The fraction of sp³-hybridized carbons (Fsp3) is 0.333. The second-order valence-electron chi connectivity index (χ2n) is 9.45. The number of pyridine rings is 1. The lowest BCUT2D eigenvalue weighted by Gasteiger charge is -2.31. The van der Waals surface area contributed by atoms with Crippen LogP contribution in [-0.4, -0.2) is 60.6 Å². The van der Waals surface area contributed by atoms with Crippen molar-refractivity contribution in [3.05, 3.63) is 70.7 Å². The summed E-state index contributed by atoms with van der Waals surface area (Å²) in [5, 5.41) is 36.8. The Morgan fingerprint density at radius 2 is 1.90 bits per heavy atom. The lowest BCUT2D eigenvalue weighted by atomic mass is 10.0. The summed E-state index contributed by atoms with van der Waals surface area (Å²) in [6.07, 6.45) is -0.267. The number of halogens is 3. The second kappa shape index (κ2) is 10.6. The summed E-state index contributed by atoms with van der Waals surface area (Å²) in [5.41, 5.74) is 4.49. The Kier molecular flexibility index (Phi) is 7.22. The molecule has 1 aromatic carbocycles. The first-order chi connectivity index (χ1) is 18.6. The number of fused-ring (bicyclic) bond motifs is 1. The first-order valence-electron chi connectivity index (χ1n) is 12.3. The zero-order chi connectivity index (χ0) is 27.7. The minimum Gasteiger partial charge on any atom is -0.413 e. The van der Waals surface area contributed by atoms with E-state index in [-0.39, 0.29) is 12.0 Å². The number of aromatic nitrogens is 4. The lowest BCUT2D eigenvalue weighted by Crippen LogP contribution is -2.38. The van der Waals surface area contributed by atoms with Crippen LogP contribution in [0.2, 0.25) is 0 Å². The second-order valence-corrected chi connectivity index (χ2v) is 9.45. The molecule has 12 heteroatoms. The van der Waals surface area contributed by atoms with E-state index in [4.69, 9.17) is 0 Å². The van der Waals surface area contributed by atoms with Crippen molar-refractivity contribution in [2.24, 2.45) is 0 Å². The highest BCUT2D eigenvalue weighted by atomic mass is 19.4. The monoisotopic (exact) mass is 538 g/mol. The molecule has 1 aliphatic rings. The Morgan fingerprint density at radius 3 is 2.54 bits per heavy atom. The van der Waals surface area contributed by atoms with Crippen molar-refractivity contribution in [1.29, 1.82) is 5.26 Å². The zero-order valence-electron chi connectivity index (χ0n) is 20.9. The van der Waals surface area contributed by atoms with Crippen LogP contribution < -0.4 is 0 Å². The van der Waals surface area contributed by atoms with Gasteiger partial charge in [0.05, 0.1) is 34.9 Å². The third kappa shape index (κ3) is 5.56. The van der Waals surface area contributed by atoms with E-state index < -0.39 is 18.2 Å². The molecule has 4 heterocycles. The highest BCUT2D eigenvalue weighted by Gasteiger charge is 2.38. The number of rotatable bonds is 6. The Labute approximate surface area is 221 Å². The van der Waals surface area contributed by atoms with Gasteiger partial charge in [0, 0.05) is 48.9 Å². The largest absolute Gasteiger partial charge is 0.470 e. The Hall–Kier alpha value is -4.05. The van der Waals surface area contributed by atoms with E-state index in [1.807, 2.05) is 11.5 Å². The van der Waals surface area contributed by atoms with Gasteiger partial charge in [0.2, 0.25) is 5.89 Å². The van der Waals surface area contributed by atoms with Crippen LogP contribution in [0.4, 0.5) is 13.2 Å². The molecule has 0 aliphatic carbocycles. The fourth-order valence-electron chi connectivity index (χ4n) is 4.85. The maximum Gasteiger partial charge on any atom is 0.470 e. The van der Waals surface area contributed by atoms with E-state index in [9.17, 15) is 28.6 Å². The zero-order valence-corrected chi connectivity index (χ0v) is 20.9. The van der Waals surface area contributed by atoms with Crippen molar-refractivity contribution >= 4 is 23.2 Å². The molecule has 4 aromatic rings. The van der Waals surface area contributed by atoms with Crippen molar-refractivity contribution in [1.82, 2.24) is 24.6 Å². The average Bonchev–Trinajstić information content (AvgIpc) is 3.51. The van der Waals surface area contributed by atoms with Gasteiger partial charge < -0.3 is 24.1 Å². The standard InChI is InChI=1S/C27H25F3N6O3/c1-16-24(22(38)15-35-10-8-20(37)9-11-35)25-21(36(16)19-5-2-17(13-31)3-6-19)12-18(14-32-25)4-7-23-33-34-26(39-23)27(28,29)30/h2-7,12,14,20,22,37-38H,8-11,15H2,1H3/b7-4+. The van der Waals surface area contributed by atoms with Gasteiger partial charge in [0.15, 0.2) is 0 Å².